The predicted molar refractivity (Wildman–Crippen MR) is 121 cm³/mol. The van der Waals surface area contributed by atoms with Crippen molar-refractivity contribution in [3.8, 4) is 5.75 Å². The molecule has 2 aromatic carbocycles. The van der Waals surface area contributed by atoms with Gasteiger partial charge in [0.25, 0.3) is 5.91 Å². The number of ether oxygens (including phenoxy) is 1. The molecule has 2 atom stereocenters. The maximum atomic E-state index is 13.4. The van der Waals surface area contributed by atoms with Crippen LogP contribution < -0.4 is 15.4 Å². The zero-order valence-corrected chi connectivity index (χ0v) is 19.6. The SMILES string of the molecule is Cc1cc2c(cc1S(=O)(=O)N1CCC[C@H](C(=O)Nc3ccc(F)cc3Cl)C1)O[C@H](C)C(=O)N2. The number of nitrogens with one attached hydrogen (secondary N) is 2. The lowest BCUT2D eigenvalue weighted by Gasteiger charge is -2.32. The number of halogens is 2. The van der Waals surface area contributed by atoms with Gasteiger partial charge in [-0.25, -0.2) is 12.8 Å². The number of amides is 2. The van der Waals surface area contributed by atoms with Crippen LogP contribution in [0.4, 0.5) is 15.8 Å². The molecular weight excluding hydrogens is 473 g/mol. The lowest BCUT2D eigenvalue weighted by atomic mass is 9.98. The molecule has 0 saturated carbocycles. The summed E-state index contributed by atoms with van der Waals surface area (Å²) in [6.07, 6.45) is 0.270. The van der Waals surface area contributed by atoms with E-state index in [1.54, 1.807) is 19.9 Å². The van der Waals surface area contributed by atoms with Gasteiger partial charge in [-0.05, 0) is 56.5 Å². The molecule has 2 aromatic rings. The van der Waals surface area contributed by atoms with E-state index in [-0.39, 0.29) is 46.3 Å². The van der Waals surface area contributed by atoms with E-state index in [2.05, 4.69) is 10.6 Å². The number of anilines is 2. The van der Waals surface area contributed by atoms with Crippen molar-refractivity contribution in [3.05, 3.63) is 46.7 Å². The summed E-state index contributed by atoms with van der Waals surface area (Å²) in [5.41, 5.74) is 1.14. The van der Waals surface area contributed by atoms with Gasteiger partial charge in [0.1, 0.15) is 11.6 Å². The van der Waals surface area contributed by atoms with Gasteiger partial charge in [0.05, 0.1) is 27.2 Å². The minimum atomic E-state index is -3.93. The van der Waals surface area contributed by atoms with Crippen LogP contribution in [0.2, 0.25) is 5.02 Å². The third kappa shape index (κ3) is 4.68. The Morgan fingerprint density at radius 2 is 2.06 bits per heavy atom. The molecule has 2 amide bonds. The number of piperidine rings is 1. The molecule has 11 heteroatoms. The molecule has 0 spiro atoms. The molecule has 4 rings (SSSR count). The minimum Gasteiger partial charge on any atom is -0.479 e. The number of sulfonamides is 1. The first kappa shape index (κ1) is 23.5. The number of carbonyl (C=O) groups excluding carboxylic acids is 2. The number of fused-ring (bicyclic) bond motifs is 1. The molecule has 8 nitrogen and oxygen atoms in total. The van der Waals surface area contributed by atoms with Gasteiger partial charge >= 0.3 is 0 Å². The standard InChI is InChI=1S/C22H23ClFN3O5S/c1-12-8-18-19(32-13(2)21(28)26-18)10-20(12)33(30,31)27-7-3-4-14(11-27)22(29)25-17-6-5-15(24)9-16(17)23/h5-6,8-10,13-14H,3-4,7,11H2,1-2H3,(H,25,29)(H,26,28)/t13-,14+/m1/s1. The quantitative estimate of drug-likeness (QED) is 0.675. The van der Waals surface area contributed by atoms with Crippen molar-refractivity contribution in [2.45, 2.75) is 37.7 Å². The Hall–Kier alpha value is -2.69. The predicted octanol–water partition coefficient (Wildman–Crippen LogP) is 3.55. The molecule has 33 heavy (non-hydrogen) atoms. The molecule has 176 valence electrons. The van der Waals surface area contributed by atoms with Crippen molar-refractivity contribution in [2.24, 2.45) is 5.92 Å². The van der Waals surface area contributed by atoms with Gasteiger partial charge in [-0.3, -0.25) is 9.59 Å². The van der Waals surface area contributed by atoms with E-state index in [9.17, 15) is 22.4 Å². The van der Waals surface area contributed by atoms with Gasteiger partial charge in [0.15, 0.2) is 6.10 Å². The maximum Gasteiger partial charge on any atom is 0.265 e. The molecule has 2 N–H and O–H groups in total. The molecule has 2 heterocycles. The molecule has 0 unspecified atom stereocenters. The minimum absolute atomic E-state index is 0.00248. The third-order valence-corrected chi connectivity index (χ3v) is 8.09. The second-order valence-electron chi connectivity index (χ2n) is 8.18. The van der Waals surface area contributed by atoms with Crippen molar-refractivity contribution in [1.82, 2.24) is 4.31 Å². The Balaban J connectivity index is 1.54. The highest BCUT2D eigenvalue weighted by molar-refractivity contribution is 7.89. The van der Waals surface area contributed by atoms with Gasteiger partial charge < -0.3 is 15.4 Å². The monoisotopic (exact) mass is 495 g/mol. The molecule has 1 saturated heterocycles. The van der Waals surface area contributed by atoms with E-state index < -0.39 is 27.9 Å². The molecule has 2 aliphatic heterocycles. The Labute approximate surface area is 196 Å². The molecule has 0 aliphatic carbocycles. The summed E-state index contributed by atoms with van der Waals surface area (Å²) in [4.78, 5) is 24.7. The van der Waals surface area contributed by atoms with E-state index in [1.165, 1.54) is 22.5 Å². The maximum absolute atomic E-state index is 13.4. The second-order valence-corrected chi connectivity index (χ2v) is 10.5. The van der Waals surface area contributed by atoms with Crippen LogP contribution in [0.25, 0.3) is 0 Å². The summed E-state index contributed by atoms with van der Waals surface area (Å²) in [7, 11) is -3.93. The van der Waals surface area contributed by atoms with Crippen LogP contribution in [0.15, 0.2) is 35.2 Å². The summed E-state index contributed by atoms with van der Waals surface area (Å²) in [5.74, 6) is -1.52. The zero-order valence-electron chi connectivity index (χ0n) is 18.0. The molecule has 1 fully saturated rings. The molecule has 0 bridgehead atoms. The van der Waals surface area contributed by atoms with Crippen molar-refractivity contribution >= 4 is 44.8 Å². The fourth-order valence-electron chi connectivity index (χ4n) is 3.96. The summed E-state index contributed by atoms with van der Waals surface area (Å²) >= 11 is 5.99. The van der Waals surface area contributed by atoms with Crippen molar-refractivity contribution in [2.75, 3.05) is 23.7 Å². The third-order valence-electron chi connectivity index (χ3n) is 5.77. The van der Waals surface area contributed by atoms with Gasteiger partial charge in [-0.1, -0.05) is 11.6 Å². The molecular formula is C22H23ClFN3O5S. The van der Waals surface area contributed by atoms with E-state index in [0.717, 1.165) is 6.07 Å². The largest absolute Gasteiger partial charge is 0.479 e. The number of benzene rings is 2. The Morgan fingerprint density at radius 3 is 2.79 bits per heavy atom. The lowest BCUT2D eigenvalue weighted by molar-refractivity contribution is -0.123. The highest BCUT2D eigenvalue weighted by atomic mass is 35.5. The van der Waals surface area contributed by atoms with Gasteiger partial charge in [-0.15, -0.1) is 0 Å². The number of nitrogens with zero attached hydrogens (tertiary/aromatic N) is 1. The Bertz CT molecular complexity index is 1240. The number of carbonyl (C=O) groups is 2. The van der Waals surface area contributed by atoms with Crippen molar-refractivity contribution in [1.29, 1.82) is 0 Å². The fourth-order valence-corrected chi connectivity index (χ4v) is 5.92. The molecule has 2 aliphatic rings. The summed E-state index contributed by atoms with van der Waals surface area (Å²) in [6, 6.07) is 6.63. The van der Waals surface area contributed by atoms with E-state index in [4.69, 9.17) is 16.3 Å². The average Bonchev–Trinajstić information content (AvgIpc) is 2.76. The van der Waals surface area contributed by atoms with Crippen LogP contribution in [-0.4, -0.2) is 43.7 Å². The summed E-state index contributed by atoms with van der Waals surface area (Å²) < 4.78 is 47.0. The van der Waals surface area contributed by atoms with E-state index in [1.807, 2.05) is 0 Å². The first-order chi connectivity index (χ1) is 15.6. The molecule has 0 aromatic heterocycles. The van der Waals surface area contributed by atoms with Crippen LogP contribution in [0.3, 0.4) is 0 Å². The van der Waals surface area contributed by atoms with E-state index in [0.29, 0.717) is 24.1 Å². The first-order valence-corrected chi connectivity index (χ1v) is 12.3. The van der Waals surface area contributed by atoms with Crippen molar-refractivity contribution in [3.63, 3.8) is 0 Å². The van der Waals surface area contributed by atoms with Crippen molar-refractivity contribution < 1.29 is 27.1 Å². The number of hydrogen-bond donors (Lipinski definition) is 2. The lowest BCUT2D eigenvalue weighted by Crippen LogP contribution is -2.44. The van der Waals surface area contributed by atoms with Crippen LogP contribution in [0, 0.1) is 18.7 Å². The Morgan fingerprint density at radius 1 is 1.30 bits per heavy atom. The van der Waals surface area contributed by atoms with Crippen LogP contribution in [0.5, 0.6) is 5.75 Å². The Kier molecular flexibility index (Phi) is 6.35. The summed E-state index contributed by atoms with van der Waals surface area (Å²) in [5, 5.41) is 5.43. The second kappa shape index (κ2) is 8.92. The summed E-state index contributed by atoms with van der Waals surface area (Å²) in [6.45, 7) is 3.49. The van der Waals surface area contributed by atoms with Crippen LogP contribution in [-0.2, 0) is 19.6 Å². The molecule has 0 radical (unpaired) electrons. The number of rotatable bonds is 4. The first-order valence-electron chi connectivity index (χ1n) is 10.4. The number of hydrogen-bond acceptors (Lipinski definition) is 5. The average molecular weight is 496 g/mol. The van der Waals surface area contributed by atoms with Gasteiger partial charge in [0.2, 0.25) is 15.9 Å². The van der Waals surface area contributed by atoms with Crippen LogP contribution >= 0.6 is 11.6 Å². The number of aryl methyl sites for hydroxylation is 1. The fraction of sp³-hybridized carbons (Fsp3) is 0.364. The zero-order chi connectivity index (χ0) is 23.9. The van der Waals surface area contributed by atoms with Crippen LogP contribution in [0.1, 0.15) is 25.3 Å². The normalized spacial score (nSPS) is 21.0. The van der Waals surface area contributed by atoms with Gasteiger partial charge in [0, 0.05) is 19.2 Å². The topological polar surface area (TPSA) is 105 Å². The van der Waals surface area contributed by atoms with Gasteiger partial charge in [-0.2, -0.15) is 4.31 Å². The smallest absolute Gasteiger partial charge is 0.265 e. The highest BCUT2D eigenvalue weighted by Crippen LogP contribution is 2.36. The highest BCUT2D eigenvalue weighted by Gasteiger charge is 2.35. The van der Waals surface area contributed by atoms with E-state index >= 15 is 0 Å².